The second kappa shape index (κ2) is 4.38. The van der Waals surface area contributed by atoms with Crippen molar-refractivity contribution in [3.05, 3.63) is 22.8 Å². The Morgan fingerprint density at radius 1 is 1.33 bits per heavy atom. The summed E-state index contributed by atoms with van der Waals surface area (Å²) < 4.78 is 0. The van der Waals surface area contributed by atoms with E-state index in [1.54, 1.807) is 6.92 Å². The van der Waals surface area contributed by atoms with Crippen LogP contribution >= 0.6 is 0 Å². The highest BCUT2D eigenvalue weighted by atomic mass is 16.4. The van der Waals surface area contributed by atoms with Gasteiger partial charge in [0.05, 0.1) is 5.92 Å². The fourth-order valence-electron chi connectivity index (χ4n) is 1.70. The number of rotatable bonds is 3. The fraction of sp³-hybridized carbons (Fsp3) is 0.545. The number of hydrogen-bond donors (Lipinski definition) is 1. The molecule has 0 saturated heterocycles. The van der Waals surface area contributed by atoms with Gasteiger partial charge in [0.1, 0.15) is 5.82 Å². The summed E-state index contributed by atoms with van der Waals surface area (Å²) in [7, 11) is 0. The third-order valence-electron chi connectivity index (χ3n) is 2.49. The molecule has 0 fully saturated rings. The van der Waals surface area contributed by atoms with E-state index in [1.165, 1.54) is 0 Å². The second-order valence-corrected chi connectivity index (χ2v) is 3.64. The van der Waals surface area contributed by atoms with Gasteiger partial charge >= 0.3 is 5.97 Å². The predicted octanol–water partition coefficient (Wildman–Crippen LogP) is 1.84. The Morgan fingerprint density at radius 3 is 2.13 bits per heavy atom. The minimum atomic E-state index is -0.839. The van der Waals surface area contributed by atoms with Crippen LogP contribution in [0.2, 0.25) is 0 Å². The van der Waals surface area contributed by atoms with Crippen molar-refractivity contribution < 1.29 is 9.90 Å². The highest BCUT2D eigenvalue weighted by Crippen LogP contribution is 2.21. The number of carboxylic acids is 1. The summed E-state index contributed by atoms with van der Waals surface area (Å²) in [5, 5.41) is 8.96. The molecule has 4 heteroatoms. The summed E-state index contributed by atoms with van der Waals surface area (Å²) in [5.74, 6) is -0.615. The Hall–Kier alpha value is -1.45. The summed E-state index contributed by atoms with van der Waals surface area (Å²) in [6, 6.07) is 0. The van der Waals surface area contributed by atoms with E-state index in [4.69, 9.17) is 5.11 Å². The van der Waals surface area contributed by atoms with Gasteiger partial charge in [0.15, 0.2) is 0 Å². The first-order chi connectivity index (χ1) is 6.97. The minimum Gasteiger partial charge on any atom is -0.481 e. The number of carbonyl (C=O) groups is 1. The summed E-state index contributed by atoms with van der Waals surface area (Å²) in [6.07, 6.45) is 0.767. The zero-order chi connectivity index (χ0) is 11.6. The summed E-state index contributed by atoms with van der Waals surface area (Å²) in [4.78, 5) is 19.5. The van der Waals surface area contributed by atoms with Crippen LogP contribution < -0.4 is 0 Å². The Bertz CT molecular complexity index is 365. The standard InChI is InChI=1S/C11H16N2O2/c1-5-9-12-7(3)10(8(4)13-9)6(2)11(14)15/h6H,5H2,1-4H3,(H,14,15). The van der Waals surface area contributed by atoms with Gasteiger partial charge in [-0.1, -0.05) is 6.92 Å². The molecule has 0 aromatic carbocycles. The van der Waals surface area contributed by atoms with E-state index >= 15 is 0 Å². The van der Waals surface area contributed by atoms with Gasteiger partial charge in [0.25, 0.3) is 0 Å². The van der Waals surface area contributed by atoms with Gasteiger partial charge in [-0.05, 0) is 20.8 Å². The lowest BCUT2D eigenvalue weighted by molar-refractivity contribution is -0.138. The van der Waals surface area contributed by atoms with Gasteiger partial charge in [-0.15, -0.1) is 0 Å². The van der Waals surface area contributed by atoms with Crippen molar-refractivity contribution in [1.29, 1.82) is 0 Å². The van der Waals surface area contributed by atoms with Crippen LogP contribution in [0.4, 0.5) is 0 Å². The minimum absolute atomic E-state index is 0.545. The predicted molar refractivity (Wildman–Crippen MR) is 56.9 cm³/mol. The fourth-order valence-corrected chi connectivity index (χ4v) is 1.70. The molecule has 1 heterocycles. The first-order valence-corrected chi connectivity index (χ1v) is 5.04. The smallest absolute Gasteiger partial charge is 0.310 e. The molecule has 1 N–H and O–H groups in total. The zero-order valence-electron chi connectivity index (χ0n) is 9.53. The van der Waals surface area contributed by atoms with E-state index in [-0.39, 0.29) is 0 Å². The van der Waals surface area contributed by atoms with Crippen LogP contribution in [0.25, 0.3) is 0 Å². The Balaban J connectivity index is 3.25. The first-order valence-electron chi connectivity index (χ1n) is 5.04. The van der Waals surface area contributed by atoms with Gasteiger partial charge in [-0.2, -0.15) is 0 Å². The van der Waals surface area contributed by atoms with Crippen molar-refractivity contribution in [2.75, 3.05) is 0 Å². The van der Waals surface area contributed by atoms with Crippen LogP contribution in [0.5, 0.6) is 0 Å². The van der Waals surface area contributed by atoms with E-state index in [9.17, 15) is 4.79 Å². The molecule has 0 bridgehead atoms. The quantitative estimate of drug-likeness (QED) is 0.823. The van der Waals surface area contributed by atoms with Gasteiger partial charge in [0.2, 0.25) is 0 Å². The molecule has 0 radical (unpaired) electrons. The lowest BCUT2D eigenvalue weighted by atomic mass is 9.98. The number of aromatic nitrogens is 2. The van der Waals surface area contributed by atoms with Crippen LogP contribution in [0.3, 0.4) is 0 Å². The number of aliphatic carboxylic acids is 1. The van der Waals surface area contributed by atoms with Crippen molar-refractivity contribution in [1.82, 2.24) is 9.97 Å². The van der Waals surface area contributed by atoms with Crippen molar-refractivity contribution in [3.63, 3.8) is 0 Å². The molecule has 0 saturated carbocycles. The molecule has 0 aliphatic heterocycles. The van der Waals surface area contributed by atoms with Gasteiger partial charge in [-0.3, -0.25) is 4.79 Å². The third-order valence-corrected chi connectivity index (χ3v) is 2.49. The van der Waals surface area contributed by atoms with Crippen molar-refractivity contribution >= 4 is 5.97 Å². The van der Waals surface area contributed by atoms with Gasteiger partial charge < -0.3 is 5.11 Å². The largest absolute Gasteiger partial charge is 0.481 e. The molecule has 1 atom stereocenters. The van der Waals surface area contributed by atoms with Crippen LogP contribution in [0.1, 0.15) is 42.5 Å². The normalized spacial score (nSPS) is 12.5. The van der Waals surface area contributed by atoms with E-state index in [1.807, 2.05) is 20.8 Å². The third kappa shape index (κ3) is 2.32. The number of carboxylic acid groups (broad SMARTS) is 1. The summed E-state index contributed by atoms with van der Waals surface area (Å²) in [6.45, 7) is 7.31. The number of hydrogen-bond acceptors (Lipinski definition) is 3. The lowest BCUT2D eigenvalue weighted by Gasteiger charge is -2.13. The van der Waals surface area contributed by atoms with E-state index in [0.29, 0.717) is 0 Å². The van der Waals surface area contributed by atoms with Gasteiger partial charge in [-0.25, -0.2) is 9.97 Å². The molecule has 0 amide bonds. The maximum atomic E-state index is 10.9. The van der Waals surface area contributed by atoms with E-state index < -0.39 is 11.9 Å². The van der Waals surface area contributed by atoms with Crippen LogP contribution in [0.15, 0.2) is 0 Å². The number of aryl methyl sites for hydroxylation is 3. The average Bonchev–Trinajstić information content (AvgIpc) is 2.16. The first kappa shape index (κ1) is 11.6. The van der Waals surface area contributed by atoms with Crippen LogP contribution in [0, 0.1) is 13.8 Å². The highest BCUT2D eigenvalue weighted by molar-refractivity contribution is 5.76. The topological polar surface area (TPSA) is 63.1 Å². The maximum absolute atomic E-state index is 10.9. The number of nitrogens with zero attached hydrogens (tertiary/aromatic N) is 2. The molecule has 1 rings (SSSR count). The van der Waals surface area contributed by atoms with Crippen molar-refractivity contribution in [2.24, 2.45) is 0 Å². The van der Waals surface area contributed by atoms with Crippen LogP contribution in [-0.2, 0) is 11.2 Å². The second-order valence-electron chi connectivity index (χ2n) is 3.64. The summed E-state index contributed by atoms with van der Waals surface area (Å²) >= 11 is 0. The lowest BCUT2D eigenvalue weighted by Crippen LogP contribution is -2.14. The van der Waals surface area contributed by atoms with E-state index in [0.717, 1.165) is 29.2 Å². The monoisotopic (exact) mass is 208 g/mol. The zero-order valence-corrected chi connectivity index (χ0v) is 9.53. The van der Waals surface area contributed by atoms with Gasteiger partial charge in [0, 0.05) is 23.4 Å². The molecular formula is C11H16N2O2. The van der Waals surface area contributed by atoms with Crippen LogP contribution in [-0.4, -0.2) is 21.0 Å². The molecule has 1 aromatic heterocycles. The molecule has 0 aliphatic rings. The average molecular weight is 208 g/mol. The van der Waals surface area contributed by atoms with E-state index in [2.05, 4.69) is 9.97 Å². The molecule has 0 spiro atoms. The SMILES string of the molecule is CCc1nc(C)c(C(C)C(=O)O)c(C)n1. The maximum Gasteiger partial charge on any atom is 0.310 e. The van der Waals surface area contributed by atoms with Crippen molar-refractivity contribution in [2.45, 2.75) is 40.0 Å². The highest BCUT2D eigenvalue weighted by Gasteiger charge is 2.20. The Labute approximate surface area is 89.4 Å². The molecule has 82 valence electrons. The Morgan fingerprint density at radius 2 is 1.80 bits per heavy atom. The molecule has 1 unspecified atom stereocenters. The van der Waals surface area contributed by atoms with Crippen molar-refractivity contribution in [3.8, 4) is 0 Å². The molecule has 15 heavy (non-hydrogen) atoms. The molecule has 4 nitrogen and oxygen atoms in total. The molecule has 0 aliphatic carbocycles. The Kier molecular flexibility index (Phi) is 3.39. The summed E-state index contributed by atoms with van der Waals surface area (Å²) in [5.41, 5.74) is 2.28. The molecular weight excluding hydrogens is 192 g/mol. The molecule has 1 aromatic rings.